The summed E-state index contributed by atoms with van der Waals surface area (Å²) in [6.07, 6.45) is 1.92. The van der Waals surface area contributed by atoms with Crippen molar-refractivity contribution in [1.82, 2.24) is 4.98 Å². The highest BCUT2D eigenvalue weighted by Gasteiger charge is 2.16. The molecule has 0 saturated carbocycles. The standard InChI is InChI=1S/C13H11FN2O4S/c1-20-13(17)9-3-2-4-11(5-9)16-21(18,19)12-6-10(14)7-15-8-12/h2-8,16H,1H3. The Kier molecular flexibility index (Phi) is 4.18. The fourth-order valence-corrected chi connectivity index (χ4v) is 2.60. The van der Waals surface area contributed by atoms with Crippen LogP contribution in [-0.2, 0) is 14.8 Å². The van der Waals surface area contributed by atoms with Gasteiger partial charge in [0.15, 0.2) is 0 Å². The smallest absolute Gasteiger partial charge is 0.337 e. The fraction of sp³-hybridized carbons (Fsp3) is 0.0769. The van der Waals surface area contributed by atoms with E-state index in [4.69, 9.17) is 0 Å². The quantitative estimate of drug-likeness (QED) is 0.870. The van der Waals surface area contributed by atoms with E-state index in [2.05, 4.69) is 14.4 Å². The average molecular weight is 310 g/mol. The normalized spacial score (nSPS) is 11.0. The van der Waals surface area contributed by atoms with Crippen molar-refractivity contribution in [2.45, 2.75) is 4.90 Å². The number of esters is 1. The molecule has 21 heavy (non-hydrogen) atoms. The van der Waals surface area contributed by atoms with Crippen LogP contribution in [0.3, 0.4) is 0 Å². The highest BCUT2D eigenvalue weighted by Crippen LogP contribution is 2.17. The van der Waals surface area contributed by atoms with E-state index >= 15 is 0 Å². The number of rotatable bonds is 4. The largest absolute Gasteiger partial charge is 0.465 e. The van der Waals surface area contributed by atoms with Crippen molar-refractivity contribution in [2.75, 3.05) is 11.8 Å². The molecule has 0 aliphatic carbocycles. The first-order valence-corrected chi connectivity index (χ1v) is 7.22. The molecule has 0 amide bonds. The lowest BCUT2D eigenvalue weighted by atomic mass is 10.2. The number of aromatic nitrogens is 1. The molecule has 1 heterocycles. The number of benzene rings is 1. The van der Waals surface area contributed by atoms with Crippen molar-refractivity contribution in [3.63, 3.8) is 0 Å². The molecule has 110 valence electrons. The minimum atomic E-state index is -3.99. The van der Waals surface area contributed by atoms with Crippen molar-refractivity contribution in [2.24, 2.45) is 0 Å². The van der Waals surface area contributed by atoms with Gasteiger partial charge in [-0.05, 0) is 24.3 Å². The van der Waals surface area contributed by atoms with Crippen LogP contribution in [0.1, 0.15) is 10.4 Å². The molecule has 1 N–H and O–H groups in total. The number of pyridine rings is 1. The molecule has 0 aliphatic heterocycles. The number of nitrogens with one attached hydrogen (secondary N) is 1. The average Bonchev–Trinajstić information content (AvgIpc) is 2.46. The lowest BCUT2D eigenvalue weighted by Gasteiger charge is -2.08. The molecule has 0 spiro atoms. The first-order valence-electron chi connectivity index (χ1n) is 5.74. The van der Waals surface area contributed by atoms with E-state index in [9.17, 15) is 17.6 Å². The van der Waals surface area contributed by atoms with Gasteiger partial charge in [-0.15, -0.1) is 0 Å². The zero-order valence-corrected chi connectivity index (χ0v) is 11.7. The van der Waals surface area contributed by atoms with E-state index in [1.54, 1.807) is 0 Å². The Morgan fingerprint density at radius 2 is 2.05 bits per heavy atom. The number of carbonyl (C=O) groups is 1. The molecule has 1 aromatic heterocycles. The van der Waals surface area contributed by atoms with E-state index < -0.39 is 21.8 Å². The van der Waals surface area contributed by atoms with Crippen LogP contribution in [0.15, 0.2) is 47.6 Å². The third-order valence-electron chi connectivity index (χ3n) is 2.53. The van der Waals surface area contributed by atoms with Gasteiger partial charge in [-0.25, -0.2) is 17.6 Å². The topological polar surface area (TPSA) is 85.4 Å². The Morgan fingerprint density at radius 1 is 1.29 bits per heavy atom. The first kappa shape index (κ1) is 14.9. The summed E-state index contributed by atoms with van der Waals surface area (Å²) in [6.45, 7) is 0. The fourth-order valence-electron chi connectivity index (χ4n) is 1.58. The number of halogens is 1. The van der Waals surface area contributed by atoms with Gasteiger partial charge in [0.05, 0.1) is 18.9 Å². The molecule has 6 nitrogen and oxygen atoms in total. The van der Waals surface area contributed by atoms with E-state index in [1.165, 1.54) is 31.4 Å². The molecular formula is C13H11FN2O4S. The molecule has 0 saturated heterocycles. The van der Waals surface area contributed by atoms with Gasteiger partial charge in [0.2, 0.25) is 0 Å². The van der Waals surface area contributed by atoms with Crippen molar-refractivity contribution < 1.29 is 22.3 Å². The molecule has 0 fully saturated rings. The van der Waals surface area contributed by atoms with Gasteiger partial charge in [0.25, 0.3) is 10.0 Å². The second-order valence-electron chi connectivity index (χ2n) is 4.02. The maximum Gasteiger partial charge on any atom is 0.337 e. The van der Waals surface area contributed by atoms with Crippen LogP contribution in [0.25, 0.3) is 0 Å². The van der Waals surface area contributed by atoms with E-state index in [0.717, 1.165) is 18.5 Å². The zero-order chi connectivity index (χ0) is 15.5. The molecule has 1 aromatic carbocycles. The van der Waals surface area contributed by atoms with Gasteiger partial charge >= 0.3 is 5.97 Å². The van der Waals surface area contributed by atoms with Crippen LogP contribution in [-0.4, -0.2) is 26.5 Å². The number of methoxy groups -OCH3 is 1. The number of hydrogen-bond donors (Lipinski definition) is 1. The summed E-state index contributed by atoms with van der Waals surface area (Å²) in [4.78, 5) is 14.6. The van der Waals surface area contributed by atoms with Crippen molar-refractivity contribution >= 4 is 21.7 Å². The Morgan fingerprint density at radius 3 is 2.71 bits per heavy atom. The van der Waals surface area contributed by atoms with Crippen molar-refractivity contribution in [3.8, 4) is 0 Å². The summed E-state index contributed by atoms with van der Waals surface area (Å²) in [5.74, 6) is -1.36. The van der Waals surface area contributed by atoms with Gasteiger partial charge in [-0.1, -0.05) is 6.07 Å². The molecule has 2 aromatic rings. The number of carbonyl (C=O) groups excluding carboxylic acids is 1. The van der Waals surface area contributed by atoms with Gasteiger partial charge in [-0.3, -0.25) is 9.71 Å². The Labute approximate surface area is 120 Å². The highest BCUT2D eigenvalue weighted by atomic mass is 32.2. The van der Waals surface area contributed by atoms with Crippen molar-refractivity contribution in [3.05, 3.63) is 54.1 Å². The Hall–Kier alpha value is -2.48. The third kappa shape index (κ3) is 3.54. The highest BCUT2D eigenvalue weighted by molar-refractivity contribution is 7.92. The summed E-state index contributed by atoms with van der Waals surface area (Å²) in [7, 11) is -2.77. The SMILES string of the molecule is COC(=O)c1cccc(NS(=O)(=O)c2cncc(F)c2)c1. The zero-order valence-electron chi connectivity index (χ0n) is 10.9. The van der Waals surface area contributed by atoms with Gasteiger partial charge in [-0.2, -0.15) is 0 Å². The van der Waals surface area contributed by atoms with Gasteiger partial charge in [0.1, 0.15) is 10.7 Å². The summed E-state index contributed by atoms with van der Waals surface area (Å²) in [6, 6.07) is 6.59. The summed E-state index contributed by atoms with van der Waals surface area (Å²) in [5, 5.41) is 0. The van der Waals surface area contributed by atoms with Gasteiger partial charge in [0, 0.05) is 11.9 Å². The molecule has 0 atom stereocenters. The second kappa shape index (κ2) is 5.88. The summed E-state index contributed by atoms with van der Waals surface area (Å²) < 4.78 is 44.0. The minimum absolute atomic E-state index is 0.155. The summed E-state index contributed by atoms with van der Waals surface area (Å²) in [5.41, 5.74) is 0.345. The maximum atomic E-state index is 13.0. The lowest BCUT2D eigenvalue weighted by Crippen LogP contribution is -2.14. The number of anilines is 1. The molecular weight excluding hydrogens is 299 g/mol. The van der Waals surface area contributed by atoms with E-state index in [-0.39, 0.29) is 16.1 Å². The van der Waals surface area contributed by atoms with Crippen LogP contribution < -0.4 is 4.72 Å². The second-order valence-corrected chi connectivity index (χ2v) is 5.70. The molecule has 0 radical (unpaired) electrons. The molecule has 0 unspecified atom stereocenters. The van der Waals surface area contributed by atoms with Crippen molar-refractivity contribution in [1.29, 1.82) is 0 Å². The molecule has 0 aliphatic rings. The van der Waals surface area contributed by atoms with Crippen LogP contribution in [0, 0.1) is 5.82 Å². The van der Waals surface area contributed by atoms with Crippen LogP contribution in [0.2, 0.25) is 0 Å². The third-order valence-corrected chi connectivity index (χ3v) is 3.87. The lowest BCUT2D eigenvalue weighted by molar-refractivity contribution is 0.0601. The summed E-state index contributed by atoms with van der Waals surface area (Å²) >= 11 is 0. The first-order chi connectivity index (χ1) is 9.92. The Balaban J connectivity index is 2.31. The van der Waals surface area contributed by atoms with Crippen LogP contribution >= 0.6 is 0 Å². The number of hydrogen-bond acceptors (Lipinski definition) is 5. The van der Waals surface area contributed by atoms with E-state index in [0.29, 0.717) is 0 Å². The molecule has 2 rings (SSSR count). The number of sulfonamides is 1. The monoisotopic (exact) mass is 310 g/mol. The predicted octanol–water partition coefficient (Wildman–Crippen LogP) is 1.81. The molecule has 0 bridgehead atoms. The molecule has 8 heteroatoms. The van der Waals surface area contributed by atoms with Crippen LogP contribution in [0.5, 0.6) is 0 Å². The maximum absolute atomic E-state index is 13.0. The van der Waals surface area contributed by atoms with E-state index in [1.807, 2.05) is 0 Å². The number of nitrogens with zero attached hydrogens (tertiary/aromatic N) is 1. The van der Waals surface area contributed by atoms with Gasteiger partial charge < -0.3 is 4.74 Å². The Bertz CT molecular complexity index is 777. The minimum Gasteiger partial charge on any atom is -0.465 e. The van der Waals surface area contributed by atoms with Crippen LogP contribution in [0.4, 0.5) is 10.1 Å². The predicted molar refractivity (Wildman–Crippen MR) is 72.8 cm³/mol. The number of ether oxygens (including phenoxy) is 1.